The summed E-state index contributed by atoms with van der Waals surface area (Å²) in [5, 5.41) is 18.3. The average Bonchev–Trinajstić information content (AvgIpc) is 2.35. The van der Waals surface area contributed by atoms with Crippen molar-refractivity contribution in [2.75, 3.05) is 13.2 Å². The number of carbonyl (C=O) groups excluding carboxylic acids is 1. The summed E-state index contributed by atoms with van der Waals surface area (Å²) < 4.78 is 17.8. The molecule has 3 rings (SSSR count). The van der Waals surface area contributed by atoms with Crippen LogP contribution in [0, 0.1) is 23.7 Å². The van der Waals surface area contributed by atoms with Crippen molar-refractivity contribution < 1.29 is 24.1 Å². The number of rotatable bonds is 4. The molecule has 3 unspecified atom stereocenters. The normalized spacial score (nSPS) is 38.2. The van der Waals surface area contributed by atoms with Crippen LogP contribution in [0.5, 0.6) is 0 Å². The Kier molecular flexibility index (Phi) is 3.92. The van der Waals surface area contributed by atoms with Crippen LogP contribution in [0.25, 0.3) is 0 Å². The highest BCUT2D eigenvalue weighted by molar-refractivity contribution is 5.76. The Labute approximate surface area is 106 Å². The van der Waals surface area contributed by atoms with Crippen LogP contribution in [0.3, 0.4) is 0 Å². The second-order valence-corrected chi connectivity index (χ2v) is 5.74. The second kappa shape index (κ2) is 5.13. The van der Waals surface area contributed by atoms with Gasteiger partial charge in [0.1, 0.15) is 0 Å². The van der Waals surface area contributed by atoms with Gasteiger partial charge in [-0.05, 0) is 43.4 Å². The summed E-state index contributed by atoms with van der Waals surface area (Å²) in [4.78, 5) is 11.2. The lowest BCUT2D eigenvalue weighted by Crippen LogP contribution is -2.45. The largest absolute Gasteiger partial charge is 0.461 e. The smallest absolute Gasteiger partial charge is 0.371 e. The van der Waals surface area contributed by atoms with Crippen LogP contribution in [-0.2, 0) is 9.53 Å². The van der Waals surface area contributed by atoms with Gasteiger partial charge in [0, 0.05) is 19.4 Å². The summed E-state index contributed by atoms with van der Waals surface area (Å²) in [5.41, 5.74) is 0. The van der Waals surface area contributed by atoms with Crippen LogP contribution in [0.2, 0.25) is 0 Å². The van der Waals surface area contributed by atoms with Gasteiger partial charge in [0.05, 0.1) is 6.61 Å². The predicted molar refractivity (Wildman–Crippen MR) is 62.2 cm³/mol. The molecule has 4 nitrogen and oxygen atoms in total. The second-order valence-electron chi connectivity index (χ2n) is 5.74. The van der Waals surface area contributed by atoms with Gasteiger partial charge in [0.15, 0.2) is 0 Å². The van der Waals surface area contributed by atoms with E-state index in [0.717, 1.165) is 32.6 Å². The zero-order valence-electron chi connectivity index (χ0n) is 10.6. The number of carbonyl (C=O) groups is 1. The van der Waals surface area contributed by atoms with E-state index in [0.29, 0.717) is 11.8 Å². The maximum Gasteiger partial charge on any atom is 0.371 e. The van der Waals surface area contributed by atoms with Gasteiger partial charge in [-0.2, -0.15) is 4.39 Å². The lowest BCUT2D eigenvalue weighted by Gasteiger charge is -2.47. The van der Waals surface area contributed by atoms with E-state index in [9.17, 15) is 14.3 Å². The summed E-state index contributed by atoms with van der Waals surface area (Å²) in [6.07, 6.45) is 4.44. The maximum atomic E-state index is 12.9. The van der Waals surface area contributed by atoms with E-state index in [1.165, 1.54) is 0 Å². The van der Waals surface area contributed by atoms with Crippen LogP contribution in [0.15, 0.2) is 0 Å². The highest BCUT2D eigenvalue weighted by Crippen LogP contribution is 2.48. The Balaban J connectivity index is 1.94. The van der Waals surface area contributed by atoms with Crippen molar-refractivity contribution >= 4 is 5.97 Å². The molecule has 104 valence electrons. The molecule has 0 amide bonds. The minimum Gasteiger partial charge on any atom is -0.461 e. The van der Waals surface area contributed by atoms with Gasteiger partial charge in [-0.3, -0.25) is 0 Å². The Hall–Kier alpha value is -0.680. The molecule has 3 atom stereocenters. The molecule has 0 aliphatic heterocycles. The number of aliphatic hydroxyl groups is 2. The molecule has 3 aliphatic rings. The standard InChI is InChI=1S/C13H21FO4/c1-13(14,17)12(16)18-7-11-9-4-2-8(3-5-9)10(11)6-15/h8-11,15,17H,2-7H2,1H3. The van der Waals surface area contributed by atoms with Gasteiger partial charge in [-0.15, -0.1) is 0 Å². The predicted octanol–water partition coefficient (Wildman–Crippen LogP) is 1.25. The van der Waals surface area contributed by atoms with Gasteiger partial charge in [0.2, 0.25) is 0 Å². The van der Waals surface area contributed by atoms with Crippen LogP contribution in [-0.4, -0.2) is 35.3 Å². The fourth-order valence-corrected chi connectivity index (χ4v) is 3.55. The van der Waals surface area contributed by atoms with Crippen molar-refractivity contribution in [3.05, 3.63) is 0 Å². The first-order valence-electron chi connectivity index (χ1n) is 6.63. The van der Waals surface area contributed by atoms with Crippen LogP contribution in [0.1, 0.15) is 32.6 Å². The summed E-state index contributed by atoms with van der Waals surface area (Å²) in [6.45, 7) is 0.965. The molecule has 18 heavy (non-hydrogen) atoms. The number of esters is 1. The third kappa shape index (κ3) is 2.67. The number of fused-ring (bicyclic) bond motifs is 3. The molecule has 0 aromatic heterocycles. The minimum absolute atomic E-state index is 0.0927. The Bertz CT molecular complexity index is 305. The van der Waals surface area contributed by atoms with Crippen LogP contribution < -0.4 is 0 Å². The molecule has 0 spiro atoms. The van der Waals surface area contributed by atoms with Crippen molar-refractivity contribution in [2.24, 2.45) is 23.7 Å². The summed E-state index contributed by atoms with van der Waals surface area (Å²) in [6, 6.07) is 0. The fourth-order valence-electron chi connectivity index (χ4n) is 3.55. The number of hydrogen-bond donors (Lipinski definition) is 2. The lowest BCUT2D eigenvalue weighted by molar-refractivity contribution is -0.187. The highest BCUT2D eigenvalue weighted by atomic mass is 19.2. The molecule has 5 heteroatoms. The van der Waals surface area contributed by atoms with Crippen molar-refractivity contribution in [1.82, 2.24) is 0 Å². The van der Waals surface area contributed by atoms with Crippen molar-refractivity contribution in [2.45, 2.75) is 38.5 Å². The van der Waals surface area contributed by atoms with Crippen LogP contribution >= 0.6 is 0 Å². The zero-order chi connectivity index (χ0) is 13.3. The summed E-state index contributed by atoms with van der Waals surface area (Å²) >= 11 is 0. The Morgan fingerprint density at radius 1 is 1.28 bits per heavy atom. The molecule has 2 N–H and O–H groups in total. The molecule has 3 saturated carbocycles. The molecule has 0 saturated heterocycles. The topological polar surface area (TPSA) is 66.8 Å². The van der Waals surface area contributed by atoms with Gasteiger partial charge >= 0.3 is 11.8 Å². The fraction of sp³-hybridized carbons (Fsp3) is 0.923. The monoisotopic (exact) mass is 260 g/mol. The van der Waals surface area contributed by atoms with Gasteiger partial charge < -0.3 is 14.9 Å². The number of aliphatic hydroxyl groups excluding tert-OH is 1. The number of halogens is 1. The molecule has 0 aromatic carbocycles. The SMILES string of the molecule is CC(O)(F)C(=O)OCC1C2CCC(CC2)C1CO. The maximum absolute atomic E-state index is 12.9. The number of alkyl halides is 1. The lowest BCUT2D eigenvalue weighted by atomic mass is 9.59. The van der Waals surface area contributed by atoms with E-state index in [-0.39, 0.29) is 25.0 Å². The highest BCUT2D eigenvalue weighted by Gasteiger charge is 2.44. The van der Waals surface area contributed by atoms with E-state index in [4.69, 9.17) is 9.84 Å². The first-order chi connectivity index (χ1) is 8.43. The molecule has 2 bridgehead atoms. The zero-order valence-corrected chi connectivity index (χ0v) is 10.6. The van der Waals surface area contributed by atoms with Crippen molar-refractivity contribution in [1.29, 1.82) is 0 Å². The average molecular weight is 260 g/mol. The van der Waals surface area contributed by atoms with E-state index in [2.05, 4.69) is 0 Å². The molecule has 3 aliphatic carbocycles. The third-order valence-electron chi connectivity index (χ3n) is 4.57. The van der Waals surface area contributed by atoms with Gasteiger partial charge in [-0.25, -0.2) is 4.79 Å². The van der Waals surface area contributed by atoms with Gasteiger partial charge in [0.25, 0.3) is 0 Å². The summed E-state index contributed by atoms with van der Waals surface area (Å²) in [5.74, 6) is -2.97. The minimum atomic E-state index is -2.93. The van der Waals surface area contributed by atoms with Crippen molar-refractivity contribution in [3.63, 3.8) is 0 Å². The number of hydrogen-bond acceptors (Lipinski definition) is 4. The molecule has 0 heterocycles. The quantitative estimate of drug-likeness (QED) is 0.747. The third-order valence-corrected chi connectivity index (χ3v) is 4.57. The first-order valence-corrected chi connectivity index (χ1v) is 6.63. The van der Waals surface area contributed by atoms with E-state index < -0.39 is 11.8 Å². The molecule has 3 fully saturated rings. The van der Waals surface area contributed by atoms with Crippen LogP contribution in [0.4, 0.5) is 4.39 Å². The van der Waals surface area contributed by atoms with E-state index >= 15 is 0 Å². The Morgan fingerprint density at radius 3 is 2.22 bits per heavy atom. The summed E-state index contributed by atoms with van der Waals surface area (Å²) in [7, 11) is 0. The van der Waals surface area contributed by atoms with E-state index in [1.54, 1.807) is 0 Å². The Morgan fingerprint density at radius 2 is 1.78 bits per heavy atom. The first kappa shape index (κ1) is 13.7. The molecular weight excluding hydrogens is 239 g/mol. The molecular formula is C13H21FO4. The number of ether oxygens (including phenoxy) is 1. The van der Waals surface area contributed by atoms with E-state index in [1.807, 2.05) is 0 Å². The van der Waals surface area contributed by atoms with Crippen molar-refractivity contribution in [3.8, 4) is 0 Å². The van der Waals surface area contributed by atoms with Gasteiger partial charge in [-0.1, -0.05) is 0 Å². The molecule has 0 radical (unpaired) electrons. The molecule has 0 aromatic rings.